The first-order valence-electron chi connectivity index (χ1n) is 4.07. The molecule has 1 heteroatoms. The smallest absolute Gasteiger partial charge is 0.0652 e. The van der Waals surface area contributed by atoms with Gasteiger partial charge in [-0.3, -0.25) is 0 Å². The van der Waals surface area contributed by atoms with Gasteiger partial charge in [0.2, 0.25) is 0 Å². The van der Waals surface area contributed by atoms with Crippen LogP contribution in [-0.2, 0) is 10.9 Å². The monoisotopic (exact) mass is 145 g/mol. The predicted molar refractivity (Wildman–Crippen MR) is 46.1 cm³/mol. The second-order valence-electron chi connectivity index (χ2n) is 2.79. The molecule has 0 aliphatic carbocycles. The van der Waals surface area contributed by atoms with E-state index in [1.165, 1.54) is 31.4 Å². The van der Waals surface area contributed by atoms with Gasteiger partial charge in [-0.25, -0.2) is 0 Å². The van der Waals surface area contributed by atoms with E-state index in [-0.39, 0.29) is 0 Å². The minimum Gasteiger partial charge on any atom is -0.0652 e. The van der Waals surface area contributed by atoms with Crippen LogP contribution in [-0.4, -0.2) is 17.3 Å². The molecule has 9 heavy (non-hydrogen) atoms. The van der Waals surface area contributed by atoms with E-state index < -0.39 is 0 Å². The van der Waals surface area contributed by atoms with Gasteiger partial charge >= 0.3 is 0 Å². The molecule has 0 bridgehead atoms. The van der Waals surface area contributed by atoms with Gasteiger partial charge in [-0.2, -0.15) is 0 Å². The lowest BCUT2D eigenvalue weighted by molar-refractivity contribution is 0.893. The fourth-order valence-corrected chi connectivity index (χ4v) is 3.80. The summed E-state index contributed by atoms with van der Waals surface area (Å²) in [6.07, 6.45) is 5.91. The molecular formula is C8H17S+. The molecule has 0 N–H and O–H groups in total. The lowest BCUT2D eigenvalue weighted by Gasteiger charge is -1.96. The zero-order valence-corrected chi connectivity index (χ0v) is 7.17. The van der Waals surface area contributed by atoms with Crippen LogP contribution in [0.4, 0.5) is 0 Å². The third kappa shape index (κ3) is 2.61. The summed E-state index contributed by atoms with van der Waals surface area (Å²) >= 11 is 0. The second-order valence-corrected chi connectivity index (χ2v) is 5.23. The maximum atomic E-state index is 2.29. The Labute approximate surface area is 61.4 Å². The number of rotatable bonds is 3. The maximum absolute atomic E-state index is 2.29. The molecule has 1 fully saturated rings. The SMILES string of the molecule is CCCC[S+]1CCCC1. The standard InChI is InChI=1S/C8H17S/c1-2-3-6-9-7-4-5-8-9/h2-8H2,1H3/q+1. The molecule has 1 heterocycles. The van der Waals surface area contributed by atoms with E-state index in [1.54, 1.807) is 11.5 Å². The Morgan fingerprint density at radius 1 is 1.22 bits per heavy atom. The molecule has 0 saturated carbocycles. The Hall–Kier alpha value is 0.350. The van der Waals surface area contributed by atoms with Crippen LogP contribution in [0.25, 0.3) is 0 Å². The molecule has 0 aromatic heterocycles. The molecule has 0 radical (unpaired) electrons. The molecule has 1 saturated heterocycles. The predicted octanol–water partition coefficient (Wildman–Crippen LogP) is 2.20. The summed E-state index contributed by atoms with van der Waals surface area (Å²) in [4.78, 5) is 0. The first-order chi connectivity index (χ1) is 4.43. The van der Waals surface area contributed by atoms with Gasteiger partial charge in [0.25, 0.3) is 0 Å². The summed E-state index contributed by atoms with van der Waals surface area (Å²) in [5.41, 5.74) is 0. The molecule has 1 aliphatic rings. The van der Waals surface area contributed by atoms with Crippen molar-refractivity contribution < 1.29 is 0 Å². The first-order valence-corrected chi connectivity index (χ1v) is 5.81. The molecule has 0 aromatic rings. The van der Waals surface area contributed by atoms with E-state index in [0.717, 1.165) is 10.9 Å². The Morgan fingerprint density at radius 2 is 1.89 bits per heavy atom. The number of hydrogen-bond donors (Lipinski definition) is 0. The lowest BCUT2D eigenvalue weighted by atomic mass is 10.4. The van der Waals surface area contributed by atoms with Crippen LogP contribution in [0, 0.1) is 0 Å². The quantitative estimate of drug-likeness (QED) is 0.534. The van der Waals surface area contributed by atoms with Gasteiger partial charge in [-0.15, -0.1) is 0 Å². The normalized spacial score (nSPS) is 21.0. The molecule has 0 nitrogen and oxygen atoms in total. The van der Waals surface area contributed by atoms with E-state index in [9.17, 15) is 0 Å². The average Bonchev–Trinajstić information content (AvgIpc) is 2.34. The zero-order chi connectivity index (χ0) is 6.53. The molecule has 54 valence electrons. The van der Waals surface area contributed by atoms with Crippen LogP contribution >= 0.6 is 0 Å². The third-order valence-electron chi connectivity index (χ3n) is 1.90. The van der Waals surface area contributed by atoms with Crippen molar-refractivity contribution >= 4 is 10.9 Å². The third-order valence-corrected chi connectivity index (χ3v) is 4.50. The van der Waals surface area contributed by atoms with E-state index in [4.69, 9.17) is 0 Å². The molecule has 1 aliphatic heterocycles. The van der Waals surface area contributed by atoms with Gasteiger partial charge < -0.3 is 0 Å². The van der Waals surface area contributed by atoms with E-state index >= 15 is 0 Å². The molecule has 0 atom stereocenters. The van der Waals surface area contributed by atoms with Crippen LogP contribution in [0.5, 0.6) is 0 Å². The fraction of sp³-hybridized carbons (Fsp3) is 1.00. The van der Waals surface area contributed by atoms with Gasteiger partial charge in [0.15, 0.2) is 0 Å². The van der Waals surface area contributed by atoms with Crippen LogP contribution in [0.3, 0.4) is 0 Å². The van der Waals surface area contributed by atoms with E-state index in [1.807, 2.05) is 0 Å². The van der Waals surface area contributed by atoms with Crippen LogP contribution in [0.2, 0.25) is 0 Å². The van der Waals surface area contributed by atoms with Crippen LogP contribution < -0.4 is 0 Å². The van der Waals surface area contributed by atoms with Crippen molar-refractivity contribution in [2.45, 2.75) is 32.6 Å². The van der Waals surface area contributed by atoms with Crippen molar-refractivity contribution in [2.75, 3.05) is 17.3 Å². The largest absolute Gasteiger partial charge is 0.108 e. The average molecular weight is 145 g/mol. The minimum absolute atomic E-state index is 0.873. The van der Waals surface area contributed by atoms with Gasteiger partial charge in [0.05, 0.1) is 0 Å². The van der Waals surface area contributed by atoms with Crippen LogP contribution in [0.15, 0.2) is 0 Å². The minimum atomic E-state index is 0.873. The summed E-state index contributed by atoms with van der Waals surface area (Å²) in [5, 5.41) is 0. The summed E-state index contributed by atoms with van der Waals surface area (Å²) in [6.45, 7) is 2.29. The summed E-state index contributed by atoms with van der Waals surface area (Å²) in [6, 6.07) is 0. The second kappa shape index (κ2) is 4.21. The van der Waals surface area contributed by atoms with Crippen molar-refractivity contribution in [1.82, 2.24) is 0 Å². The highest BCUT2D eigenvalue weighted by Gasteiger charge is 2.22. The number of unbranched alkanes of at least 4 members (excludes halogenated alkanes) is 1. The summed E-state index contributed by atoms with van der Waals surface area (Å²) in [5.74, 6) is 4.65. The number of hydrogen-bond acceptors (Lipinski definition) is 0. The van der Waals surface area contributed by atoms with Crippen LogP contribution in [0.1, 0.15) is 32.6 Å². The highest BCUT2D eigenvalue weighted by molar-refractivity contribution is 7.97. The molecule has 0 aromatic carbocycles. The van der Waals surface area contributed by atoms with Crippen molar-refractivity contribution in [3.63, 3.8) is 0 Å². The highest BCUT2D eigenvalue weighted by atomic mass is 32.2. The fourth-order valence-electron chi connectivity index (χ4n) is 1.27. The van der Waals surface area contributed by atoms with Crippen molar-refractivity contribution in [3.05, 3.63) is 0 Å². The Morgan fingerprint density at radius 3 is 2.44 bits per heavy atom. The van der Waals surface area contributed by atoms with Crippen molar-refractivity contribution in [3.8, 4) is 0 Å². The molecule has 0 spiro atoms. The topological polar surface area (TPSA) is 0 Å². The maximum Gasteiger partial charge on any atom is 0.108 e. The molecular weight excluding hydrogens is 128 g/mol. The van der Waals surface area contributed by atoms with Crippen molar-refractivity contribution in [2.24, 2.45) is 0 Å². The van der Waals surface area contributed by atoms with Crippen molar-refractivity contribution in [1.29, 1.82) is 0 Å². The summed E-state index contributed by atoms with van der Waals surface area (Å²) < 4.78 is 0. The molecule has 0 amide bonds. The van der Waals surface area contributed by atoms with E-state index in [2.05, 4.69) is 6.92 Å². The molecule has 0 unspecified atom stereocenters. The zero-order valence-electron chi connectivity index (χ0n) is 6.36. The van der Waals surface area contributed by atoms with E-state index in [0.29, 0.717) is 0 Å². The Balaban J connectivity index is 1.98. The Bertz CT molecular complexity index is 65.0. The lowest BCUT2D eigenvalue weighted by Crippen LogP contribution is -2.07. The van der Waals surface area contributed by atoms with Gasteiger partial charge in [0, 0.05) is 0 Å². The highest BCUT2D eigenvalue weighted by Crippen LogP contribution is 2.14. The summed E-state index contributed by atoms with van der Waals surface area (Å²) in [7, 11) is 0.873. The Kier molecular flexibility index (Phi) is 3.49. The van der Waals surface area contributed by atoms with Gasteiger partial charge in [-0.1, -0.05) is 13.3 Å². The molecule has 1 rings (SSSR count). The van der Waals surface area contributed by atoms with Gasteiger partial charge in [0.1, 0.15) is 17.3 Å². The van der Waals surface area contributed by atoms with Gasteiger partial charge in [-0.05, 0) is 30.2 Å². The first kappa shape index (κ1) is 7.46.